The molecule has 1 aromatic heterocycles. The lowest BCUT2D eigenvalue weighted by Crippen LogP contribution is -2.32. The van der Waals surface area contributed by atoms with Crippen LogP contribution in [-0.2, 0) is 49.5 Å². The Morgan fingerprint density at radius 1 is 0.839 bits per heavy atom. The van der Waals surface area contributed by atoms with E-state index >= 15 is 0 Å². The van der Waals surface area contributed by atoms with Gasteiger partial charge in [-0.15, -0.1) is 5.06 Å². The molecule has 13 nitrogen and oxygen atoms in total. The lowest BCUT2D eigenvalue weighted by atomic mass is 10.4. The van der Waals surface area contributed by atoms with E-state index < -0.39 is 17.8 Å². The Kier molecular flexibility index (Phi) is 12.3. The number of aromatic nitrogens is 3. The number of nitrogens with one attached hydrogen (secondary N) is 1. The Balaban J connectivity index is 1.27. The van der Waals surface area contributed by atoms with Crippen molar-refractivity contribution in [2.24, 2.45) is 0 Å². The Morgan fingerprint density at radius 3 is 1.87 bits per heavy atom. The molecule has 1 aliphatic rings. The van der Waals surface area contributed by atoms with Crippen LogP contribution >= 0.6 is 0 Å². The first-order chi connectivity index (χ1) is 15.2. The Bertz CT molecular complexity index is 640. The molecular weight excluding hydrogens is 416 g/mol. The third-order valence-electron chi connectivity index (χ3n) is 3.85. The molecule has 0 aliphatic carbocycles. The number of aromatic amines is 1. The topological polar surface area (TPSA) is 151 Å². The number of nitrogens with zero attached hydrogens (tertiary/aromatic N) is 3. The minimum absolute atomic E-state index is 0.0641. The van der Waals surface area contributed by atoms with Gasteiger partial charge in [-0.25, -0.2) is 4.79 Å². The first-order valence-electron chi connectivity index (χ1n) is 9.96. The zero-order valence-electron chi connectivity index (χ0n) is 17.3. The summed E-state index contributed by atoms with van der Waals surface area (Å²) >= 11 is 0. The molecule has 13 heteroatoms. The number of amides is 2. The summed E-state index contributed by atoms with van der Waals surface area (Å²) in [5.41, 5.74) is 0.740. The van der Waals surface area contributed by atoms with Gasteiger partial charge in [-0.2, -0.15) is 15.4 Å². The van der Waals surface area contributed by atoms with E-state index in [2.05, 4.69) is 15.4 Å². The molecule has 0 radical (unpaired) electrons. The number of ether oxygens (including phenoxy) is 5. The average Bonchev–Trinajstić information content (AvgIpc) is 3.39. The molecule has 1 saturated heterocycles. The molecular formula is C18H28N4O9. The predicted molar refractivity (Wildman–Crippen MR) is 101 cm³/mol. The zero-order valence-corrected chi connectivity index (χ0v) is 17.3. The number of imide groups is 1. The zero-order chi connectivity index (χ0) is 22.2. The van der Waals surface area contributed by atoms with Crippen LogP contribution in [0.4, 0.5) is 0 Å². The van der Waals surface area contributed by atoms with Crippen molar-refractivity contribution >= 4 is 17.8 Å². The summed E-state index contributed by atoms with van der Waals surface area (Å²) in [6.45, 7) is 3.81. The fourth-order valence-corrected chi connectivity index (χ4v) is 2.31. The molecule has 1 aromatic rings. The van der Waals surface area contributed by atoms with E-state index in [0.717, 1.165) is 5.69 Å². The molecule has 0 aromatic carbocycles. The maximum atomic E-state index is 11.6. The summed E-state index contributed by atoms with van der Waals surface area (Å²) in [6, 6.07) is 0. The van der Waals surface area contributed by atoms with Crippen molar-refractivity contribution in [1.29, 1.82) is 0 Å². The summed E-state index contributed by atoms with van der Waals surface area (Å²) in [6.07, 6.45) is 1.67. The van der Waals surface area contributed by atoms with Crippen molar-refractivity contribution < 1.29 is 42.9 Å². The number of hydrogen-bond acceptors (Lipinski definition) is 11. The third kappa shape index (κ3) is 10.9. The smallest absolute Gasteiger partial charge is 0.335 e. The van der Waals surface area contributed by atoms with Gasteiger partial charge in [0.1, 0.15) is 5.69 Å². The molecule has 2 heterocycles. The molecule has 31 heavy (non-hydrogen) atoms. The van der Waals surface area contributed by atoms with E-state index in [9.17, 15) is 14.4 Å². The first kappa shape index (κ1) is 24.8. The quantitative estimate of drug-likeness (QED) is 0.228. The largest absolute Gasteiger partial charge is 0.378 e. The average molecular weight is 444 g/mol. The summed E-state index contributed by atoms with van der Waals surface area (Å²) < 4.78 is 26.7. The van der Waals surface area contributed by atoms with E-state index in [1.165, 1.54) is 0 Å². The summed E-state index contributed by atoms with van der Waals surface area (Å²) in [4.78, 5) is 38.9. The number of H-pyrrole nitrogens is 1. The van der Waals surface area contributed by atoms with Gasteiger partial charge in [0.15, 0.2) is 0 Å². The van der Waals surface area contributed by atoms with Crippen molar-refractivity contribution in [3.05, 3.63) is 11.9 Å². The maximum absolute atomic E-state index is 11.6. The second-order valence-electron chi connectivity index (χ2n) is 6.26. The van der Waals surface area contributed by atoms with Crippen molar-refractivity contribution in [1.82, 2.24) is 20.5 Å². The molecule has 2 rings (SSSR count). The van der Waals surface area contributed by atoms with Crippen LogP contribution in [0.15, 0.2) is 6.20 Å². The monoisotopic (exact) mass is 444 g/mol. The van der Waals surface area contributed by atoms with E-state index in [0.29, 0.717) is 64.5 Å². The molecule has 1 fully saturated rings. The number of carbonyl (C=O) groups is 3. The van der Waals surface area contributed by atoms with Crippen LogP contribution in [0.25, 0.3) is 0 Å². The molecule has 174 valence electrons. The van der Waals surface area contributed by atoms with Crippen LogP contribution in [0.1, 0.15) is 25.0 Å². The van der Waals surface area contributed by atoms with Crippen molar-refractivity contribution in [3.8, 4) is 0 Å². The standard InChI is InChI=1S/C18H28N4O9/c23-16-1-2-17(24)22(16)31-18(25)3-4-26-5-6-27-7-8-28-9-10-29-11-12-30-14-15-13-19-21-20-15/h13H,1-12,14H2,(H,19,20,21). The SMILES string of the molecule is O=C(CCOCCOCCOCCOCCOCc1cn[nH]n1)ON1C(=O)CCC1=O. The van der Waals surface area contributed by atoms with Crippen molar-refractivity contribution in [3.63, 3.8) is 0 Å². The van der Waals surface area contributed by atoms with Gasteiger partial charge in [0.2, 0.25) is 0 Å². The van der Waals surface area contributed by atoms with Crippen molar-refractivity contribution in [2.45, 2.75) is 25.9 Å². The van der Waals surface area contributed by atoms with Gasteiger partial charge >= 0.3 is 5.97 Å². The molecule has 0 unspecified atom stereocenters. The van der Waals surface area contributed by atoms with E-state index in [1.807, 2.05) is 0 Å². The van der Waals surface area contributed by atoms with Gasteiger partial charge in [0, 0.05) is 12.8 Å². The van der Waals surface area contributed by atoms with Crippen LogP contribution in [0, 0.1) is 0 Å². The highest BCUT2D eigenvalue weighted by Gasteiger charge is 2.32. The minimum atomic E-state index is -0.693. The summed E-state index contributed by atoms with van der Waals surface area (Å²) in [5, 5.41) is 10.6. The van der Waals surface area contributed by atoms with Gasteiger partial charge in [0.05, 0.1) is 78.7 Å². The second kappa shape index (κ2) is 15.4. The molecule has 2 amide bonds. The Morgan fingerprint density at radius 2 is 1.35 bits per heavy atom. The number of hydrogen-bond donors (Lipinski definition) is 1. The van der Waals surface area contributed by atoms with Crippen LogP contribution in [0.2, 0.25) is 0 Å². The normalized spacial score (nSPS) is 13.9. The summed E-state index contributed by atoms with van der Waals surface area (Å²) in [7, 11) is 0. The van der Waals surface area contributed by atoms with Gasteiger partial charge in [-0.3, -0.25) is 9.59 Å². The van der Waals surface area contributed by atoms with E-state index in [1.54, 1.807) is 6.20 Å². The highest BCUT2D eigenvalue weighted by Crippen LogP contribution is 2.12. The number of hydroxylamine groups is 2. The van der Waals surface area contributed by atoms with Gasteiger partial charge in [-0.1, -0.05) is 0 Å². The van der Waals surface area contributed by atoms with Gasteiger partial charge in [-0.05, 0) is 0 Å². The van der Waals surface area contributed by atoms with Crippen LogP contribution in [0.3, 0.4) is 0 Å². The Hall–Kier alpha value is -2.45. The maximum Gasteiger partial charge on any atom is 0.335 e. The van der Waals surface area contributed by atoms with Gasteiger partial charge in [0.25, 0.3) is 11.8 Å². The van der Waals surface area contributed by atoms with E-state index in [-0.39, 0.29) is 25.9 Å². The van der Waals surface area contributed by atoms with Crippen LogP contribution < -0.4 is 0 Å². The number of rotatable bonds is 18. The molecule has 1 N–H and O–H groups in total. The fraction of sp³-hybridized carbons (Fsp3) is 0.722. The van der Waals surface area contributed by atoms with Gasteiger partial charge < -0.3 is 28.5 Å². The molecule has 0 bridgehead atoms. The highest BCUT2D eigenvalue weighted by molar-refractivity contribution is 6.01. The lowest BCUT2D eigenvalue weighted by Gasteiger charge is -2.12. The van der Waals surface area contributed by atoms with Crippen LogP contribution in [-0.4, -0.2) is 97.7 Å². The van der Waals surface area contributed by atoms with Crippen LogP contribution in [0.5, 0.6) is 0 Å². The minimum Gasteiger partial charge on any atom is -0.378 e. The molecule has 1 aliphatic heterocycles. The summed E-state index contributed by atoms with van der Waals surface area (Å²) in [5.74, 6) is -1.70. The van der Waals surface area contributed by atoms with E-state index in [4.69, 9.17) is 28.5 Å². The Labute approximate surface area is 179 Å². The lowest BCUT2D eigenvalue weighted by molar-refractivity contribution is -0.198. The highest BCUT2D eigenvalue weighted by atomic mass is 16.7. The molecule has 0 saturated carbocycles. The fourth-order valence-electron chi connectivity index (χ4n) is 2.31. The first-order valence-corrected chi connectivity index (χ1v) is 9.96. The number of carbonyl (C=O) groups excluding carboxylic acids is 3. The van der Waals surface area contributed by atoms with Crippen molar-refractivity contribution in [2.75, 3.05) is 59.5 Å². The molecule has 0 spiro atoms. The third-order valence-corrected chi connectivity index (χ3v) is 3.85. The second-order valence-corrected chi connectivity index (χ2v) is 6.26. The predicted octanol–water partition coefficient (Wildman–Crippen LogP) is -0.615. The molecule has 0 atom stereocenters.